The topological polar surface area (TPSA) is 126 Å². The zero-order valence-corrected chi connectivity index (χ0v) is 9.48. The Morgan fingerprint density at radius 3 is 2.74 bits per heavy atom. The Morgan fingerprint density at radius 2 is 2.11 bits per heavy atom. The van der Waals surface area contributed by atoms with Crippen molar-refractivity contribution in [3.05, 3.63) is 56.5 Å². The van der Waals surface area contributed by atoms with Crippen LogP contribution in [0.4, 0.5) is 11.6 Å². The third-order valence-electron chi connectivity index (χ3n) is 2.06. The van der Waals surface area contributed by atoms with Crippen LogP contribution in [0.15, 0.2) is 40.4 Å². The van der Waals surface area contributed by atoms with Crippen LogP contribution in [-0.2, 0) is 0 Å². The lowest BCUT2D eigenvalue weighted by molar-refractivity contribution is -0.384. The van der Waals surface area contributed by atoms with E-state index in [9.17, 15) is 14.9 Å². The van der Waals surface area contributed by atoms with Crippen LogP contribution in [0, 0.1) is 10.1 Å². The van der Waals surface area contributed by atoms with Crippen LogP contribution in [0.2, 0.25) is 0 Å². The highest BCUT2D eigenvalue weighted by molar-refractivity contribution is 5.80. The minimum Gasteiger partial charge on any atom is -0.289 e. The number of nitrogens with zero attached hydrogens (tertiary/aromatic N) is 4. The van der Waals surface area contributed by atoms with Crippen molar-refractivity contribution in [3.63, 3.8) is 0 Å². The summed E-state index contributed by atoms with van der Waals surface area (Å²) in [5.41, 5.74) is 2.74. The summed E-state index contributed by atoms with van der Waals surface area (Å²) >= 11 is 0. The second-order valence-corrected chi connectivity index (χ2v) is 3.40. The van der Waals surface area contributed by atoms with Crippen molar-refractivity contribution in [3.8, 4) is 0 Å². The number of benzene rings is 1. The predicted octanol–water partition coefficient (Wildman–Crippen LogP) is 0.519. The van der Waals surface area contributed by atoms with Crippen molar-refractivity contribution in [1.82, 2.24) is 15.2 Å². The van der Waals surface area contributed by atoms with Crippen LogP contribution in [-0.4, -0.2) is 26.3 Å². The van der Waals surface area contributed by atoms with Gasteiger partial charge in [0.15, 0.2) is 0 Å². The number of non-ortho nitro benzene ring substituents is 1. The first-order chi connectivity index (χ1) is 9.15. The quantitative estimate of drug-likeness (QED) is 0.468. The summed E-state index contributed by atoms with van der Waals surface area (Å²) in [5.74, 6) is 0.102. The van der Waals surface area contributed by atoms with Crippen LogP contribution in [0.25, 0.3) is 0 Å². The third kappa shape index (κ3) is 3.43. The van der Waals surface area contributed by atoms with E-state index in [4.69, 9.17) is 0 Å². The molecule has 1 heterocycles. The molecule has 0 saturated heterocycles. The number of nitrogens with one attached hydrogen (secondary N) is 2. The molecule has 0 spiro atoms. The lowest BCUT2D eigenvalue weighted by Gasteiger charge is -1.96. The second-order valence-electron chi connectivity index (χ2n) is 3.40. The van der Waals surface area contributed by atoms with Crippen molar-refractivity contribution in [2.45, 2.75) is 0 Å². The van der Waals surface area contributed by atoms with E-state index >= 15 is 0 Å². The van der Waals surface area contributed by atoms with E-state index in [-0.39, 0.29) is 11.6 Å². The Morgan fingerprint density at radius 1 is 1.37 bits per heavy atom. The number of rotatable bonds is 4. The second kappa shape index (κ2) is 5.49. The Kier molecular flexibility index (Phi) is 3.57. The molecule has 0 atom stereocenters. The number of aromatic nitrogens is 3. The van der Waals surface area contributed by atoms with Gasteiger partial charge in [-0.15, -0.1) is 10.2 Å². The van der Waals surface area contributed by atoms with Crippen LogP contribution < -0.4 is 11.0 Å². The van der Waals surface area contributed by atoms with Crippen molar-refractivity contribution in [2.24, 2.45) is 5.10 Å². The van der Waals surface area contributed by atoms with Gasteiger partial charge < -0.3 is 0 Å². The Balaban J connectivity index is 2.03. The van der Waals surface area contributed by atoms with Gasteiger partial charge in [-0.1, -0.05) is 0 Å². The number of hydrogen-bond donors (Lipinski definition) is 2. The average Bonchev–Trinajstić information content (AvgIpc) is 2.39. The first-order valence-electron chi connectivity index (χ1n) is 5.11. The van der Waals surface area contributed by atoms with E-state index in [1.165, 1.54) is 18.3 Å². The first-order valence-corrected chi connectivity index (χ1v) is 5.11. The minimum absolute atomic E-state index is 0.00312. The molecule has 0 amide bonds. The molecule has 0 aliphatic heterocycles. The maximum absolute atomic E-state index is 10.9. The van der Waals surface area contributed by atoms with Gasteiger partial charge in [0.2, 0.25) is 5.95 Å². The number of anilines is 1. The normalized spacial score (nSPS) is 10.5. The van der Waals surface area contributed by atoms with E-state index in [1.807, 2.05) is 0 Å². The third-order valence-corrected chi connectivity index (χ3v) is 2.06. The molecule has 2 rings (SSSR count). The number of hydrogen-bond acceptors (Lipinski definition) is 7. The number of nitro groups is 1. The van der Waals surface area contributed by atoms with Gasteiger partial charge in [0, 0.05) is 12.1 Å². The molecule has 1 aromatic carbocycles. The minimum atomic E-state index is -0.483. The molecule has 0 aliphatic carbocycles. The molecule has 0 fully saturated rings. The molecule has 0 saturated carbocycles. The average molecular weight is 260 g/mol. The standard InChI is InChI=1S/C10H8N6O3/c17-9-6-12-15-10(13-9)14-11-5-7-1-3-8(4-2-7)16(18)19/h1-6H,(H2,13,14,15,17)/b11-5-. The summed E-state index contributed by atoms with van der Waals surface area (Å²) in [5, 5.41) is 21.3. The summed E-state index contributed by atoms with van der Waals surface area (Å²) in [6, 6.07) is 5.82. The van der Waals surface area contributed by atoms with Crippen LogP contribution in [0.1, 0.15) is 5.56 Å². The van der Waals surface area contributed by atoms with Gasteiger partial charge in [-0.3, -0.25) is 19.9 Å². The summed E-state index contributed by atoms with van der Waals surface area (Å²) in [6.45, 7) is 0. The highest BCUT2D eigenvalue weighted by atomic mass is 16.6. The fourth-order valence-electron chi connectivity index (χ4n) is 1.21. The van der Waals surface area contributed by atoms with Gasteiger partial charge in [0.05, 0.1) is 11.1 Å². The van der Waals surface area contributed by atoms with E-state index < -0.39 is 10.5 Å². The molecule has 0 aliphatic rings. The number of nitro benzene ring substituents is 1. The van der Waals surface area contributed by atoms with Crippen LogP contribution in [0.5, 0.6) is 0 Å². The Labute approximate surface area is 106 Å². The Bertz CT molecular complexity index is 663. The summed E-state index contributed by atoms with van der Waals surface area (Å²) in [6.07, 6.45) is 2.46. The fourth-order valence-corrected chi connectivity index (χ4v) is 1.21. The van der Waals surface area contributed by atoms with Crippen molar-refractivity contribution < 1.29 is 4.92 Å². The van der Waals surface area contributed by atoms with Crippen LogP contribution >= 0.6 is 0 Å². The molecular weight excluding hydrogens is 252 g/mol. The molecule has 2 N–H and O–H groups in total. The van der Waals surface area contributed by atoms with E-state index in [1.54, 1.807) is 12.1 Å². The molecule has 1 aromatic heterocycles. The number of aromatic amines is 1. The maximum atomic E-state index is 10.9. The molecule has 9 nitrogen and oxygen atoms in total. The number of H-pyrrole nitrogens is 1. The van der Waals surface area contributed by atoms with Crippen molar-refractivity contribution in [1.29, 1.82) is 0 Å². The van der Waals surface area contributed by atoms with E-state index in [2.05, 4.69) is 25.7 Å². The zero-order chi connectivity index (χ0) is 13.7. The molecule has 0 bridgehead atoms. The highest BCUT2D eigenvalue weighted by Gasteiger charge is 2.02. The lowest BCUT2D eigenvalue weighted by atomic mass is 10.2. The predicted molar refractivity (Wildman–Crippen MR) is 67.0 cm³/mol. The van der Waals surface area contributed by atoms with Crippen molar-refractivity contribution >= 4 is 17.9 Å². The SMILES string of the molecule is O=c1cnnc(N/N=C\c2ccc([N+](=O)[O-])cc2)[nH]1. The zero-order valence-electron chi connectivity index (χ0n) is 9.48. The van der Waals surface area contributed by atoms with Gasteiger partial charge in [0.25, 0.3) is 11.2 Å². The van der Waals surface area contributed by atoms with Gasteiger partial charge in [-0.05, 0) is 17.7 Å². The lowest BCUT2D eigenvalue weighted by Crippen LogP contribution is -2.10. The molecule has 96 valence electrons. The molecule has 0 unspecified atom stereocenters. The molecular formula is C10H8N6O3. The van der Waals surface area contributed by atoms with Crippen LogP contribution in [0.3, 0.4) is 0 Å². The summed E-state index contributed by atoms with van der Waals surface area (Å²) in [7, 11) is 0. The number of hydrazone groups is 1. The summed E-state index contributed by atoms with van der Waals surface area (Å²) < 4.78 is 0. The van der Waals surface area contributed by atoms with Gasteiger partial charge in [-0.25, -0.2) is 5.43 Å². The maximum Gasteiger partial charge on any atom is 0.271 e. The molecule has 19 heavy (non-hydrogen) atoms. The fraction of sp³-hybridized carbons (Fsp3) is 0. The summed E-state index contributed by atoms with van der Waals surface area (Å²) in [4.78, 5) is 23.3. The van der Waals surface area contributed by atoms with Gasteiger partial charge in [-0.2, -0.15) is 5.10 Å². The first kappa shape index (κ1) is 12.4. The van der Waals surface area contributed by atoms with Gasteiger partial charge >= 0.3 is 0 Å². The monoisotopic (exact) mass is 260 g/mol. The van der Waals surface area contributed by atoms with Crippen molar-refractivity contribution in [2.75, 3.05) is 5.43 Å². The molecule has 9 heteroatoms. The highest BCUT2D eigenvalue weighted by Crippen LogP contribution is 2.10. The van der Waals surface area contributed by atoms with E-state index in [0.29, 0.717) is 5.56 Å². The molecule has 0 radical (unpaired) electrons. The van der Waals surface area contributed by atoms with Gasteiger partial charge in [0.1, 0.15) is 6.20 Å². The Hall–Kier alpha value is -3.10. The smallest absolute Gasteiger partial charge is 0.271 e. The largest absolute Gasteiger partial charge is 0.289 e. The van der Waals surface area contributed by atoms with E-state index in [0.717, 1.165) is 6.20 Å². The molecule has 2 aromatic rings.